The molecular weight excluding hydrogens is 234 g/mol. The molecule has 1 aromatic heterocycles. The maximum atomic E-state index is 11.0. The van der Waals surface area contributed by atoms with Crippen LogP contribution in [0.25, 0.3) is 0 Å². The molecule has 1 aromatic rings. The van der Waals surface area contributed by atoms with Crippen molar-refractivity contribution in [1.82, 2.24) is 10.6 Å². The number of nitrogens with zero attached hydrogens (tertiary/aromatic N) is 1. The molecule has 1 rings (SSSR count). The summed E-state index contributed by atoms with van der Waals surface area (Å²) in [5.74, 6) is -0.181. The molecular formula is C9H10ClN3OS. The van der Waals surface area contributed by atoms with Gasteiger partial charge in [0, 0.05) is 11.4 Å². The summed E-state index contributed by atoms with van der Waals surface area (Å²) in [7, 11) is 0. The quantitative estimate of drug-likeness (QED) is 0.762. The zero-order valence-electron chi connectivity index (χ0n) is 7.92. The lowest BCUT2D eigenvalue weighted by Crippen LogP contribution is -2.33. The third kappa shape index (κ3) is 4.79. The minimum atomic E-state index is -0.181. The third-order valence-electron chi connectivity index (χ3n) is 1.58. The summed E-state index contributed by atoms with van der Waals surface area (Å²) in [6.45, 7) is 0.861. The van der Waals surface area contributed by atoms with Gasteiger partial charge in [-0.25, -0.2) is 0 Å². The fourth-order valence-electron chi connectivity index (χ4n) is 0.947. The number of carbonyl (C=O) groups is 1. The first-order valence-electron chi connectivity index (χ1n) is 4.31. The molecule has 0 aliphatic heterocycles. The van der Waals surface area contributed by atoms with Crippen molar-refractivity contribution in [2.75, 3.05) is 13.1 Å². The number of nitrogens with one attached hydrogen (secondary N) is 2. The monoisotopic (exact) mass is 243 g/mol. The first kappa shape index (κ1) is 12.0. The predicted octanol–water partition coefficient (Wildman–Crippen LogP) is 1.13. The third-order valence-corrected chi connectivity index (χ3v) is 2.81. The Morgan fingerprint density at radius 2 is 2.40 bits per heavy atom. The van der Waals surface area contributed by atoms with Gasteiger partial charge in [0.15, 0.2) is 0 Å². The maximum absolute atomic E-state index is 11.0. The van der Waals surface area contributed by atoms with Crippen LogP contribution in [0.15, 0.2) is 12.1 Å². The van der Waals surface area contributed by atoms with Crippen LogP contribution in [-0.2, 0) is 11.3 Å². The van der Waals surface area contributed by atoms with Gasteiger partial charge in [-0.2, -0.15) is 5.26 Å². The van der Waals surface area contributed by atoms with Gasteiger partial charge >= 0.3 is 0 Å². The van der Waals surface area contributed by atoms with E-state index in [-0.39, 0.29) is 19.0 Å². The molecule has 0 atom stereocenters. The molecule has 80 valence electrons. The van der Waals surface area contributed by atoms with Gasteiger partial charge in [0.2, 0.25) is 5.91 Å². The lowest BCUT2D eigenvalue weighted by atomic mass is 10.4. The van der Waals surface area contributed by atoms with E-state index >= 15 is 0 Å². The Morgan fingerprint density at radius 1 is 1.60 bits per heavy atom. The van der Waals surface area contributed by atoms with E-state index in [1.165, 1.54) is 11.3 Å². The SMILES string of the molecule is N#CCNC(=O)CNCc1ccc(Cl)s1. The van der Waals surface area contributed by atoms with E-state index in [0.29, 0.717) is 6.54 Å². The van der Waals surface area contributed by atoms with Crippen LogP contribution in [0.2, 0.25) is 4.34 Å². The number of hydrogen-bond acceptors (Lipinski definition) is 4. The summed E-state index contributed by atoms with van der Waals surface area (Å²) < 4.78 is 0.737. The molecule has 0 saturated heterocycles. The number of hydrogen-bond donors (Lipinski definition) is 2. The molecule has 15 heavy (non-hydrogen) atoms. The van der Waals surface area contributed by atoms with E-state index in [1.54, 1.807) is 0 Å². The number of thiophene rings is 1. The fourth-order valence-corrected chi connectivity index (χ4v) is 2.00. The first-order chi connectivity index (χ1) is 7.22. The molecule has 0 aliphatic rings. The summed E-state index contributed by atoms with van der Waals surface area (Å²) in [4.78, 5) is 12.1. The van der Waals surface area contributed by atoms with Crippen molar-refractivity contribution in [3.63, 3.8) is 0 Å². The maximum Gasteiger partial charge on any atom is 0.234 e. The number of amides is 1. The standard InChI is InChI=1S/C9H10ClN3OS/c10-8-2-1-7(15-8)5-12-6-9(14)13-4-3-11/h1-2,12H,4-6H2,(H,13,14). The van der Waals surface area contributed by atoms with Crippen LogP contribution in [0.1, 0.15) is 4.88 Å². The summed E-state index contributed by atoms with van der Waals surface area (Å²) in [6, 6.07) is 5.56. The summed E-state index contributed by atoms with van der Waals surface area (Å²) >= 11 is 7.22. The Morgan fingerprint density at radius 3 is 3.00 bits per heavy atom. The second kappa shape index (κ2) is 6.40. The van der Waals surface area contributed by atoms with Crippen molar-refractivity contribution in [2.24, 2.45) is 0 Å². The Labute approximate surface area is 96.9 Å². The van der Waals surface area contributed by atoms with Gasteiger partial charge in [0.25, 0.3) is 0 Å². The fraction of sp³-hybridized carbons (Fsp3) is 0.333. The Balaban J connectivity index is 2.16. The highest BCUT2D eigenvalue weighted by atomic mass is 35.5. The second-order valence-electron chi connectivity index (χ2n) is 2.74. The molecule has 0 bridgehead atoms. The van der Waals surface area contributed by atoms with Crippen LogP contribution in [0, 0.1) is 11.3 Å². The molecule has 0 saturated carbocycles. The topological polar surface area (TPSA) is 64.9 Å². The smallest absolute Gasteiger partial charge is 0.234 e. The van der Waals surface area contributed by atoms with Gasteiger partial charge in [-0.05, 0) is 12.1 Å². The molecule has 4 nitrogen and oxygen atoms in total. The van der Waals surface area contributed by atoms with E-state index in [2.05, 4.69) is 10.6 Å². The van der Waals surface area contributed by atoms with Crippen LogP contribution < -0.4 is 10.6 Å². The van der Waals surface area contributed by atoms with E-state index in [1.807, 2.05) is 18.2 Å². The average molecular weight is 244 g/mol. The zero-order chi connectivity index (χ0) is 11.1. The largest absolute Gasteiger partial charge is 0.342 e. The van der Waals surface area contributed by atoms with Gasteiger partial charge in [0.1, 0.15) is 6.54 Å². The highest BCUT2D eigenvalue weighted by Gasteiger charge is 2.01. The first-order valence-corrected chi connectivity index (χ1v) is 5.50. The Hall–Kier alpha value is -1.09. The normalized spacial score (nSPS) is 9.60. The molecule has 1 heterocycles. The molecule has 2 N–H and O–H groups in total. The highest BCUT2D eigenvalue weighted by molar-refractivity contribution is 7.16. The summed E-state index contributed by atoms with van der Waals surface area (Å²) in [6.07, 6.45) is 0. The Kier molecular flexibility index (Phi) is 5.12. The van der Waals surface area contributed by atoms with Crippen molar-refractivity contribution in [2.45, 2.75) is 6.54 Å². The molecule has 0 spiro atoms. The van der Waals surface area contributed by atoms with Crippen molar-refractivity contribution >= 4 is 28.8 Å². The van der Waals surface area contributed by atoms with Crippen molar-refractivity contribution in [3.05, 3.63) is 21.3 Å². The lowest BCUT2D eigenvalue weighted by molar-refractivity contribution is -0.120. The number of carbonyl (C=O) groups excluding carboxylic acids is 1. The van der Waals surface area contributed by atoms with Gasteiger partial charge in [-0.15, -0.1) is 11.3 Å². The second-order valence-corrected chi connectivity index (χ2v) is 4.54. The molecule has 0 unspecified atom stereocenters. The molecule has 1 amide bonds. The van der Waals surface area contributed by atoms with Gasteiger partial charge in [-0.3, -0.25) is 4.79 Å². The van der Waals surface area contributed by atoms with Crippen LogP contribution in [0.3, 0.4) is 0 Å². The van der Waals surface area contributed by atoms with Crippen molar-refractivity contribution in [3.8, 4) is 6.07 Å². The number of nitriles is 1. The van der Waals surface area contributed by atoms with Crippen LogP contribution in [0.4, 0.5) is 0 Å². The van der Waals surface area contributed by atoms with Gasteiger partial charge < -0.3 is 10.6 Å². The van der Waals surface area contributed by atoms with Crippen molar-refractivity contribution < 1.29 is 4.79 Å². The zero-order valence-corrected chi connectivity index (χ0v) is 9.49. The molecule has 6 heteroatoms. The average Bonchev–Trinajstić information content (AvgIpc) is 2.61. The minimum Gasteiger partial charge on any atom is -0.342 e. The van der Waals surface area contributed by atoms with Gasteiger partial charge in [0.05, 0.1) is 17.0 Å². The summed E-state index contributed by atoms with van der Waals surface area (Å²) in [5, 5.41) is 13.6. The lowest BCUT2D eigenvalue weighted by Gasteiger charge is -2.02. The summed E-state index contributed by atoms with van der Waals surface area (Å²) in [5.41, 5.74) is 0. The van der Waals surface area contributed by atoms with E-state index in [9.17, 15) is 4.79 Å². The molecule has 0 aliphatic carbocycles. The minimum absolute atomic E-state index is 0.0470. The van der Waals surface area contributed by atoms with Crippen LogP contribution in [0.5, 0.6) is 0 Å². The van der Waals surface area contributed by atoms with Crippen LogP contribution in [-0.4, -0.2) is 19.0 Å². The van der Waals surface area contributed by atoms with Gasteiger partial charge in [-0.1, -0.05) is 11.6 Å². The predicted molar refractivity (Wildman–Crippen MR) is 59.7 cm³/mol. The highest BCUT2D eigenvalue weighted by Crippen LogP contribution is 2.20. The van der Waals surface area contributed by atoms with E-state index < -0.39 is 0 Å². The molecule has 0 fully saturated rings. The van der Waals surface area contributed by atoms with E-state index in [4.69, 9.17) is 16.9 Å². The number of halogens is 1. The van der Waals surface area contributed by atoms with Crippen LogP contribution >= 0.6 is 22.9 Å². The molecule has 0 radical (unpaired) electrons. The Bertz CT molecular complexity index is 372. The van der Waals surface area contributed by atoms with E-state index in [0.717, 1.165) is 9.21 Å². The molecule has 0 aromatic carbocycles. The van der Waals surface area contributed by atoms with Crippen molar-refractivity contribution in [1.29, 1.82) is 5.26 Å². The number of rotatable bonds is 5.